The number of hydrogen-bond donors (Lipinski definition) is 1. The fourth-order valence-corrected chi connectivity index (χ4v) is 3.58. The van der Waals surface area contributed by atoms with E-state index in [0.717, 1.165) is 35.2 Å². The van der Waals surface area contributed by atoms with Crippen molar-refractivity contribution in [2.75, 3.05) is 13.1 Å². The molecule has 1 saturated heterocycles. The number of hydrogen-bond acceptors (Lipinski definition) is 5. The van der Waals surface area contributed by atoms with Gasteiger partial charge in [-0.1, -0.05) is 0 Å². The summed E-state index contributed by atoms with van der Waals surface area (Å²) in [7, 11) is 0. The van der Waals surface area contributed by atoms with Gasteiger partial charge < -0.3 is 10.1 Å². The zero-order valence-corrected chi connectivity index (χ0v) is 17.2. The summed E-state index contributed by atoms with van der Waals surface area (Å²) in [5.74, 6) is 0.184. The molecule has 1 aliphatic heterocycles. The lowest BCUT2D eigenvalue weighted by molar-refractivity contribution is 0.136. The lowest BCUT2D eigenvalue weighted by atomic mass is 10.00. The van der Waals surface area contributed by atoms with Gasteiger partial charge in [-0.25, -0.2) is 9.37 Å². The van der Waals surface area contributed by atoms with E-state index in [1.807, 2.05) is 26.0 Å². The Labute approximate surface area is 178 Å². The fraction of sp³-hybridized carbons (Fsp3) is 0.208. The normalized spacial score (nSPS) is 13.9. The van der Waals surface area contributed by atoms with Crippen LogP contribution in [0, 0.1) is 19.7 Å². The first-order chi connectivity index (χ1) is 15.0. The molecule has 0 amide bonds. The number of aromatic nitrogens is 3. The Morgan fingerprint density at radius 3 is 2.35 bits per heavy atom. The third kappa shape index (κ3) is 3.57. The third-order valence-corrected chi connectivity index (χ3v) is 5.63. The first kappa shape index (κ1) is 19.4. The van der Waals surface area contributed by atoms with Crippen molar-refractivity contribution in [1.29, 1.82) is 0 Å². The first-order valence-corrected chi connectivity index (χ1v) is 10.1. The van der Waals surface area contributed by atoms with Crippen LogP contribution in [0.4, 0.5) is 4.39 Å². The third-order valence-electron chi connectivity index (χ3n) is 5.63. The van der Waals surface area contributed by atoms with Gasteiger partial charge in [-0.15, -0.1) is 0 Å². The number of fused-ring (bicyclic) bond motifs is 1. The van der Waals surface area contributed by atoms with Gasteiger partial charge in [0, 0.05) is 30.1 Å². The summed E-state index contributed by atoms with van der Waals surface area (Å²) in [4.78, 5) is 17.7. The topological polar surface area (TPSA) is 69.0 Å². The predicted octanol–water partition coefficient (Wildman–Crippen LogP) is 3.55. The number of nitrogens with zero attached hydrogens (tertiary/aromatic N) is 3. The highest BCUT2D eigenvalue weighted by molar-refractivity contribution is 5.95. The Balaban J connectivity index is 1.67. The molecular weight excluding hydrogens is 395 g/mol. The highest BCUT2D eigenvalue weighted by Gasteiger charge is 2.19. The number of halogens is 1. The van der Waals surface area contributed by atoms with Gasteiger partial charge in [0.05, 0.1) is 23.0 Å². The van der Waals surface area contributed by atoms with Crippen LogP contribution in [0.2, 0.25) is 0 Å². The van der Waals surface area contributed by atoms with E-state index in [9.17, 15) is 9.18 Å². The van der Waals surface area contributed by atoms with Crippen LogP contribution in [-0.2, 0) is 0 Å². The van der Waals surface area contributed by atoms with Crippen molar-refractivity contribution in [3.8, 4) is 22.8 Å². The molecule has 0 unspecified atom stereocenters. The molecule has 0 aliphatic carbocycles. The number of benzene rings is 2. The Hall–Kier alpha value is -3.58. The van der Waals surface area contributed by atoms with E-state index in [4.69, 9.17) is 4.74 Å². The van der Waals surface area contributed by atoms with Gasteiger partial charge in [-0.2, -0.15) is 9.78 Å². The van der Waals surface area contributed by atoms with Crippen LogP contribution < -0.4 is 15.6 Å². The van der Waals surface area contributed by atoms with Gasteiger partial charge in [-0.05, 0) is 67.4 Å². The standard InChI is InChI=1S/C24H21FN4O2/c1-14-9-20-21(10-15(14)2)24(30)29(28-23(20)16-3-5-17(25)6-4-16)18-7-8-22(27-11-18)31-19-12-26-13-19/h3-11,19,26H,12-13H2,1-2H3. The van der Waals surface area contributed by atoms with Crippen LogP contribution in [0.1, 0.15) is 11.1 Å². The van der Waals surface area contributed by atoms with Gasteiger partial charge in [0.1, 0.15) is 11.9 Å². The molecule has 6 nitrogen and oxygen atoms in total. The largest absolute Gasteiger partial charge is 0.472 e. The van der Waals surface area contributed by atoms with Crippen LogP contribution in [0.5, 0.6) is 5.88 Å². The minimum atomic E-state index is -0.324. The first-order valence-electron chi connectivity index (χ1n) is 10.1. The Bertz CT molecular complexity index is 1330. The van der Waals surface area contributed by atoms with Gasteiger partial charge >= 0.3 is 0 Å². The van der Waals surface area contributed by atoms with Gasteiger partial charge in [0.15, 0.2) is 0 Å². The summed E-state index contributed by atoms with van der Waals surface area (Å²) in [5.41, 5.74) is 3.72. The van der Waals surface area contributed by atoms with E-state index < -0.39 is 0 Å². The average Bonchev–Trinajstić information content (AvgIpc) is 2.74. The van der Waals surface area contributed by atoms with E-state index in [1.54, 1.807) is 30.5 Å². The predicted molar refractivity (Wildman–Crippen MR) is 117 cm³/mol. The van der Waals surface area contributed by atoms with Crippen molar-refractivity contribution >= 4 is 10.8 Å². The summed E-state index contributed by atoms with van der Waals surface area (Å²) in [5, 5.41) is 9.09. The molecule has 0 atom stereocenters. The van der Waals surface area contributed by atoms with Crippen molar-refractivity contribution in [3.63, 3.8) is 0 Å². The zero-order valence-electron chi connectivity index (χ0n) is 17.2. The molecule has 5 rings (SSSR count). The lowest BCUT2D eigenvalue weighted by Crippen LogP contribution is -2.50. The maximum Gasteiger partial charge on any atom is 0.279 e. The number of nitrogens with one attached hydrogen (secondary N) is 1. The SMILES string of the molecule is Cc1cc2c(-c3ccc(F)cc3)nn(-c3ccc(OC4CNC4)nc3)c(=O)c2cc1C. The highest BCUT2D eigenvalue weighted by atomic mass is 19.1. The minimum absolute atomic E-state index is 0.121. The second-order valence-corrected chi connectivity index (χ2v) is 7.81. The molecule has 0 spiro atoms. The number of ether oxygens (including phenoxy) is 1. The molecule has 1 fully saturated rings. The summed E-state index contributed by atoms with van der Waals surface area (Å²) in [6, 6.07) is 13.5. The van der Waals surface area contributed by atoms with Crippen LogP contribution in [-0.4, -0.2) is 34.0 Å². The van der Waals surface area contributed by atoms with Gasteiger partial charge in [0.2, 0.25) is 5.88 Å². The molecule has 2 aromatic heterocycles. The Kier molecular flexibility index (Phi) is 4.75. The lowest BCUT2D eigenvalue weighted by Gasteiger charge is -2.27. The number of pyridine rings is 1. The van der Waals surface area contributed by atoms with Crippen LogP contribution >= 0.6 is 0 Å². The molecule has 0 saturated carbocycles. The van der Waals surface area contributed by atoms with E-state index in [0.29, 0.717) is 22.6 Å². The molecule has 31 heavy (non-hydrogen) atoms. The smallest absolute Gasteiger partial charge is 0.279 e. The van der Waals surface area contributed by atoms with Gasteiger partial charge in [-0.3, -0.25) is 4.79 Å². The van der Waals surface area contributed by atoms with E-state index >= 15 is 0 Å². The second kappa shape index (κ2) is 7.59. The van der Waals surface area contributed by atoms with Crippen molar-refractivity contribution in [2.24, 2.45) is 0 Å². The average molecular weight is 416 g/mol. The number of rotatable bonds is 4. The molecule has 0 bridgehead atoms. The van der Waals surface area contributed by atoms with Crippen molar-refractivity contribution in [1.82, 2.24) is 20.1 Å². The zero-order chi connectivity index (χ0) is 21.5. The van der Waals surface area contributed by atoms with Gasteiger partial charge in [0.25, 0.3) is 5.56 Å². The summed E-state index contributed by atoms with van der Waals surface area (Å²) in [6.07, 6.45) is 1.70. The fourth-order valence-electron chi connectivity index (χ4n) is 3.58. The summed E-state index contributed by atoms with van der Waals surface area (Å²) in [6.45, 7) is 5.57. The summed E-state index contributed by atoms with van der Waals surface area (Å²) < 4.78 is 20.6. The van der Waals surface area contributed by atoms with Crippen LogP contribution in [0.25, 0.3) is 27.7 Å². The van der Waals surface area contributed by atoms with E-state index in [1.165, 1.54) is 16.8 Å². The van der Waals surface area contributed by atoms with Crippen LogP contribution in [0.15, 0.2) is 59.5 Å². The molecule has 1 N–H and O–H groups in total. The summed E-state index contributed by atoms with van der Waals surface area (Å²) >= 11 is 0. The maximum atomic E-state index is 13.5. The van der Waals surface area contributed by atoms with Crippen molar-refractivity contribution < 1.29 is 9.13 Å². The van der Waals surface area contributed by atoms with Crippen LogP contribution in [0.3, 0.4) is 0 Å². The molecule has 3 heterocycles. The second-order valence-electron chi connectivity index (χ2n) is 7.81. The quantitative estimate of drug-likeness (QED) is 0.551. The number of aryl methyl sites for hydroxylation is 2. The molecule has 1 aliphatic rings. The molecule has 156 valence electrons. The molecule has 7 heteroatoms. The van der Waals surface area contributed by atoms with E-state index in [2.05, 4.69) is 15.4 Å². The van der Waals surface area contributed by atoms with E-state index in [-0.39, 0.29) is 17.5 Å². The van der Waals surface area contributed by atoms with Crippen molar-refractivity contribution in [2.45, 2.75) is 20.0 Å². The molecule has 4 aromatic rings. The maximum absolute atomic E-state index is 13.5. The molecule has 0 radical (unpaired) electrons. The monoisotopic (exact) mass is 416 g/mol. The molecule has 2 aromatic carbocycles. The minimum Gasteiger partial charge on any atom is -0.472 e. The highest BCUT2D eigenvalue weighted by Crippen LogP contribution is 2.28. The van der Waals surface area contributed by atoms with Crippen molar-refractivity contribution in [3.05, 3.63) is 82.0 Å². The Morgan fingerprint density at radius 1 is 1.03 bits per heavy atom. The Morgan fingerprint density at radius 2 is 1.74 bits per heavy atom. The molecular formula is C24H21FN4O2.